The molecule has 4 fully saturated rings. The molecular formula is C56H72Au2P2+2. The number of fused-ring (bicyclic) bond motifs is 3. The van der Waals surface area contributed by atoms with Crippen LogP contribution in [0.15, 0.2) is 95.6 Å². The zero-order valence-corrected chi connectivity index (χ0v) is 42.8. The molecule has 2 aromatic carbocycles. The van der Waals surface area contributed by atoms with Gasteiger partial charge < -0.3 is 12.8 Å². The first-order valence-electron chi connectivity index (χ1n) is 23.8. The maximum atomic E-state index is 7.17. The molecule has 0 bridgehead atoms. The Labute approximate surface area is 400 Å². The van der Waals surface area contributed by atoms with Crippen LogP contribution < -0.4 is 0 Å². The van der Waals surface area contributed by atoms with Crippen LogP contribution in [-0.4, -0.2) is 35.0 Å². The van der Waals surface area contributed by atoms with Crippen molar-refractivity contribution in [1.29, 1.82) is 0 Å². The third-order valence-corrected chi connectivity index (χ3v) is 23.6. The molecule has 60 heavy (non-hydrogen) atoms. The van der Waals surface area contributed by atoms with Crippen molar-refractivity contribution in [2.75, 3.05) is 12.3 Å². The van der Waals surface area contributed by atoms with Crippen molar-refractivity contribution in [2.45, 2.75) is 177 Å². The Morgan fingerprint density at radius 1 is 0.600 bits per heavy atom. The molecule has 4 saturated carbocycles. The normalized spacial score (nSPS) is 20.7. The second-order valence-electron chi connectivity index (χ2n) is 18.7. The van der Waals surface area contributed by atoms with E-state index >= 15 is 0 Å². The van der Waals surface area contributed by atoms with Gasteiger partial charge in [0.1, 0.15) is 0 Å². The first-order chi connectivity index (χ1) is 28.6. The number of hydrogen-bond donors (Lipinski definition) is 0. The fraction of sp³-hybridized carbons (Fsp3) is 0.536. The molecule has 326 valence electrons. The van der Waals surface area contributed by atoms with Crippen LogP contribution in [0.4, 0.5) is 0 Å². The second kappa shape index (κ2) is 26.4. The number of hydrogen-bond acceptors (Lipinski definition) is 0. The monoisotopic (exact) mass is 1200 g/mol. The summed E-state index contributed by atoms with van der Waals surface area (Å²) in [6.07, 6.45) is 61.7. The van der Waals surface area contributed by atoms with E-state index < -0.39 is 0 Å². The Morgan fingerprint density at radius 3 is 1.57 bits per heavy atom. The van der Waals surface area contributed by atoms with E-state index in [1.54, 1.807) is 141 Å². The van der Waals surface area contributed by atoms with Gasteiger partial charge in [-0.2, -0.15) is 6.58 Å². The van der Waals surface area contributed by atoms with Gasteiger partial charge in [0.05, 0.1) is 35.0 Å². The first-order valence-corrected chi connectivity index (χ1v) is 27.5. The van der Waals surface area contributed by atoms with E-state index in [9.17, 15) is 0 Å². The van der Waals surface area contributed by atoms with Crippen LogP contribution in [-0.2, 0) is 57.6 Å². The Morgan fingerprint density at radius 2 is 1.08 bits per heavy atom. The zero-order valence-electron chi connectivity index (χ0n) is 36.4. The topological polar surface area (TPSA) is 0 Å². The maximum Gasteiger partial charge on any atom is 1.00 e. The van der Waals surface area contributed by atoms with Gasteiger partial charge in [-0.3, -0.25) is 11.8 Å². The van der Waals surface area contributed by atoms with Crippen LogP contribution in [0.1, 0.15) is 164 Å². The van der Waals surface area contributed by atoms with Gasteiger partial charge in [0, 0.05) is 15.8 Å². The van der Waals surface area contributed by atoms with Crippen molar-refractivity contribution in [3.05, 3.63) is 131 Å². The molecular weight excluding hydrogens is 1130 g/mol. The fourth-order valence-corrected chi connectivity index (χ4v) is 21.7. The number of allylic oxidation sites excluding steroid dienone is 8. The molecule has 0 spiro atoms. The summed E-state index contributed by atoms with van der Waals surface area (Å²) in [5.41, 5.74) is 16.2. The van der Waals surface area contributed by atoms with Gasteiger partial charge in [0.25, 0.3) is 0 Å². The van der Waals surface area contributed by atoms with E-state index in [0.717, 1.165) is 31.3 Å². The summed E-state index contributed by atoms with van der Waals surface area (Å²) >= 11 is 0. The summed E-state index contributed by atoms with van der Waals surface area (Å²) in [4.78, 5) is 0. The molecule has 0 aliphatic heterocycles. The van der Waals surface area contributed by atoms with Crippen molar-refractivity contribution in [1.82, 2.24) is 0 Å². The molecule has 0 unspecified atom stereocenters. The van der Waals surface area contributed by atoms with Gasteiger partial charge in [0.2, 0.25) is 0 Å². The van der Waals surface area contributed by atoms with Gasteiger partial charge in [-0.15, -0.1) is 23.3 Å². The van der Waals surface area contributed by atoms with E-state index in [0.29, 0.717) is 5.57 Å². The van der Waals surface area contributed by atoms with Crippen LogP contribution in [0.25, 0.3) is 11.6 Å². The molecule has 0 heterocycles. The summed E-state index contributed by atoms with van der Waals surface area (Å²) < 4.78 is 0. The van der Waals surface area contributed by atoms with Crippen molar-refractivity contribution in [2.24, 2.45) is 0 Å². The largest absolute Gasteiger partial charge is 1.00 e. The Bertz CT molecular complexity index is 1800. The number of rotatable bonds is 9. The van der Waals surface area contributed by atoms with Crippen LogP contribution in [0.2, 0.25) is 0 Å². The number of benzene rings is 2. The quantitative estimate of drug-likeness (QED) is 0.0772. The summed E-state index contributed by atoms with van der Waals surface area (Å²) in [6.45, 7) is 3.67. The molecule has 0 aromatic heterocycles. The van der Waals surface area contributed by atoms with Crippen LogP contribution >= 0.6 is 15.8 Å². The first kappa shape index (κ1) is 49.6. The SMILES string of the molecule is C1CCC([PH+](CC[PH+](C2CCCCC2)C2CCCCC2)C2CCCCC2)CC1.[Au+].[Au+].[C-]#CC(=C)/C=C\C1=Cc2ccccc2C1.[C-]#CC1=CC2=C(CC1)c1ccccc1C2. The Balaban J connectivity index is 0.000000182. The Kier molecular flexibility index (Phi) is 21.8. The van der Waals surface area contributed by atoms with E-state index in [1.165, 1.54) is 61.6 Å². The molecule has 7 aliphatic rings. The Hall–Kier alpha value is -1.40. The van der Waals surface area contributed by atoms with Gasteiger partial charge in [-0.1, -0.05) is 98.4 Å². The third kappa shape index (κ3) is 14.0. The molecule has 4 heteroatoms. The predicted octanol–water partition coefficient (Wildman–Crippen LogP) is 15.4. The summed E-state index contributed by atoms with van der Waals surface area (Å²) in [7, 11) is -0.182. The van der Waals surface area contributed by atoms with Crippen molar-refractivity contribution in [3.63, 3.8) is 0 Å². The van der Waals surface area contributed by atoms with Gasteiger partial charge in [0.15, 0.2) is 0 Å². The predicted molar refractivity (Wildman–Crippen MR) is 259 cm³/mol. The fourth-order valence-electron chi connectivity index (χ4n) is 11.9. The third-order valence-electron chi connectivity index (χ3n) is 14.9. The van der Waals surface area contributed by atoms with Crippen molar-refractivity contribution < 1.29 is 44.8 Å². The van der Waals surface area contributed by atoms with Crippen LogP contribution in [0, 0.1) is 24.7 Å². The standard InChI is InChI=1S/C26H48P2.2C15H11.2Au/c1-5-13-23(14-6-1)27(24-15-7-2-8-16-24)21-22-28(25-17-9-3-10-18-25)26-19-11-4-12-20-26;1-2-11-7-8-15-13(9-11)10-12-5-3-4-6-14(12)15;1-3-12(2)8-9-13-10-14-6-4-5-7-15(14)11-13;;/h23-26H,1-22H2;3-6,9H,7-8,10H2;4-10H,2,11H2;;/q;2*-1;2*+1/p+2/b;;9-8-;;. The van der Waals surface area contributed by atoms with Gasteiger partial charge in [-0.25, -0.2) is 0 Å². The molecule has 0 N–H and O–H groups in total. The van der Waals surface area contributed by atoms with Crippen molar-refractivity contribution in [3.8, 4) is 11.8 Å². The van der Waals surface area contributed by atoms with Gasteiger partial charge >= 0.3 is 44.8 Å². The van der Waals surface area contributed by atoms with E-state index in [-0.39, 0.29) is 60.6 Å². The van der Waals surface area contributed by atoms with Crippen LogP contribution in [0.5, 0.6) is 0 Å². The zero-order chi connectivity index (χ0) is 39.9. The minimum atomic E-state index is -0.0909. The smallest absolute Gasteiger partial charge is 0.366 e. The molecule has 0 amide bonds. The molecule has 0 radical (unpaired) electrons. The minimum Gasteiger partial charge on any atom is -0.366 e. The van der Waals surface area contributed by atoms with Crippen LogP contribution in [0.3, 0.4) is 0 Å². The van der Waals surface area contributed by atoms with Crippen molar-refractivity contribution >= 4 is 27.5 Å². The summed E-state index contributed by atoms with van der Waals surface area (Å²) in [5, 5.41) is 0. The van der Waals surface area contributed by atoms with E-state index in [1.807, 2.05) is 18.2 Å². The maximum absolute atomic E-state index is 7.17. The summed E-state index contributed by atoms with van der Waals surface area (Å²) in [5.74, 6) is 4.77. The summed E-state index contributed by atoms with van der Waals surface area (Å²) in [6, 6.07) is 17.0. The average molecular weight is 1200 g/mol. The molecule has 2 aromatic rings. The molecule has 0 nitrogen and oxygen atoms in total. The second-order valence-corrected chi connectivity index (χ2v) is 25.3. The average Bonchev–Trinajstić information content (AvgIpc) is 3.89. The van der Waals surface area contributed by atoms with Gasteiger partial charge in [-0.05, 0) is 155 Å². The molecule has 0 saturated heterocycles. The molecule has 7 aliphatic carbocycles. The minimum absolute atomic E-state index is 0. The molecule has 0 atom stereocenters. The van der Waals surface area contributed by atoms with E-state index in [2.05, 4.69) is 73.0 Å². The molecule has 9 rings (SSSR count). The van der Waals surface area contributed by atoms with E-state index in [4.69, 9.17) is 12.8 Å².